The third-order valence-electron chi connectivity index (χ3n) is 4.33. The number of amides is 1. The summed E-state index contributed by atoms with van der Waals surface area (Å²) in [5.41, 5.74) is 3.30. The van der Waals surface area contributed by atoms with Crippen LogP contribution in [0.1, 0.15) is 31.7 Å². The number of fused-ring (bicyclic) bond motifs is 1. The summed E-state index contributed by atoms with van der Waals surface area (Å²) < 4.78 is 10.5. The molecule has 7 heteroatoms. The number of ether oxygens (including phenoxy) is 1. The van der Waals surface area contributed by atoms with E-state index in [-0.39, 0.29) is 18.3 Å². The Hall–Kier alpha value is -2.80. The third kappa shape index (κ3) is 5.36. The highest BCUT2D eigenvalue weighted by Crippen LogP contribution is 2.23. The molecule has 1 heterocycles. The van der Waals surface area contributed by atoms with E-state index >= 15 is 0 Å². The van der Waals surface area contributed by atoms with Gasteiger partial charge in [0, 0.05) is 5.69 Å². The zero-order valence-electron chi connectivity index (χ0n) is 15.8. The van der Waals surface area contributed by atoms with Gasteiger partial charge < -0.3 is 14.5 Å². The lowest BCUT2D eigenvalue weighted by atomic mass is 9.99. The van der Waals surface area contributed by atoms with Crippen LogP contribution in [0.15, 0.2) is 58.2 Å². The molecule has 0 spiro atoms. The number of aromatic nitrogens is 1. The van der Waals surface area contributed by atoms with E-state index in [2.05, 4.69) is 24.1 Å². The monoisotopic (exact) mass is 398 g/mol. The highest BCUT2D eigenvalue weighted by molar-refractivity contribution is 7.99. The van der Waals surface area contributed by atoms with Crippen LogP contribution in [-0.2, 0) is 14.3 Å². The van der Waals surface area contributed by atoms with Gasteiger partial charge in [-0.15, -0.1) is 0 Å². The fourth-order valence-corrected chi connectivity index (χ4v) is 3.19. The highest BCUT2D eigenvalue weighted by atomic mass is 32.2. The Morgan fingerprint density at radius 2 is 1.93 bits per heavy atom. The molecule has 0 bridgehead atoms. The minimum absolute atomic E-state index is 0.0176. The molecular weight excluding hydrogens is 376 g/mol. The number of para-hydroxylation sites is 2. The van der Waals surface area contributed by atoms with Crippen molar-refractivity contribution in [2.24, 2.45) is 0 Å². The maximum Gasteiger partial charge on any atom is 0.316 e. The van der Waals surface area contributed by atoms with E-state index < -0.39 is 5.97 Å². The fraction of sp³-hybridized carbons (Fsp3) is 0.286. The fourth-order valence-electron chi connectivity index (χ4n) is 2.55. The first-order chi connectivity index (χ1) is 13.5. The molecule has 0 aliphatic heterocycles. The lowest BCUT2D eigenvalue weighted by Gasteiger charge is -2.10. The number of rotatable bonds is 8. The molecule has 0 aliphatic carbocycles. The first-order valence-corrected chi connectivity index (χ1v) is 10.1. The summed E-state index contributed by atoms with van der Waals surface area (Å²) >= 11 is 1.13. The molecule has 2 aromatic carbocycles. The number of hydrogen-bond acceptors (Lipinski definition) is 6. The molecule has 1 aromatic heterocycles. The molecule has 1 N–H and O–H groups in total. The molecule has 6 nitrogen and oxygen atoms in total. The van der Waals surface area contributed by atoms with Gasteiger partial charge in [0.05, 0.1) is 0 Å². The summed E-state index contributed by atoms with van der Waals surface area (Å²) in [6.07, 6.45) is 1.06. The van der Waals surface area contributed by atoms with Crippen molar-refractivity contribution in [3.63, 3.8) is 0 Å². The molecule has 0 radical (unpaired) electrons. The first-order valence-electron chi connectivity index (χ1n) is 9.09. The maximum absolute atomic E-state index is 12.0. The van der Waals surface area contributed by atoms with Gasteiger partial charge in [-0.05, 0) is 42.2 Å². The topological polar surface area (TPSA) is 81.4 Å². The van der Waals surface area contributed by atoms with Crippen molar-refractivity contribution < 1.29 is 18.7 Å². The molecule has 28 heavy (non-hydrogen) atoms. The van der Waals surface area contributed by atoms with Crippen LogP contribution in [-0.4, -0.2) is 29.2 Å². The van der Waals surface area contributed by atoms with Crippen molar-refractivity contribution in [2.45, 2.75) is 31.4 Å². The van der Waals surface area contributed by atoms with Crippen LogP contribution in [0.5, 0.6) is 0 Å². The number of hydrogen-bond donors (Lipinski definition) is 1. The molecule has 3 rings (SSSR count). The lowest BCUT2D eigenvalue weighted by molar-refractivity contribution is -0.144. The molecule has 0 fully saturated rings. The second-order valence-electron chi connectivity index (χ2n) is 6.38. The standard InChI is InChI=1S/C21H22N2O4S/c1-3-14(2)15-8-10-16(11-9-15)22-19(24)12-26-20(25)13-28-21-23-17-6-4-5-7-18(17)27-21/h4-11,14H,3,12-13H2,1-2H3,(H,22,24)/t14-/m1/s1. The smallest absolute Gasteiger partial charge is 0.316 e. The quantitative estimate of drug-likeness (QED) is 0.441. The van der Waals surface area contributed by atoms with Crippen molar-refractivity contribution in [3.8, 4) is 0 Å². The van der Waals surface area contributed by atoms with E-state index in [4.69, 9.17) is 9.15 Å². The Balaban J connectivity index is 1.41. The number of nitrogens with zero attached hydrogens (tertiary/aromatic N) is 1. The van der Waals surface area contributed by atoms with Gasteiger partial charge in [0.25, 0.3) is 11.1 Å². The first kappa shape index (κ1) is 19.9. The van der Waals surface area contributed by atoms with E-state index in [0.29, 0.717) is 22.4 Å². The molecule has 146 valence electrons. The van der Waals surface area contributed by atoms with Crippen LogP contribution in [0.2, 0.25) is 0 Å². The van der Waals surface area contributed by atoms with Crippen molar-refractivity contribution in [1.29, 1.82) is 0 Å². The van der Waals surface area contributed by atoms with Gasteiger partial charge in [-0.2, -0.15) is 0 Å². The van der Waals surface area contributed by atoms with Gasteiger partial charge in [-0.1, -0.05) is 49.9 Å². The van der Waals surface area contributed by atoms with E-state index in [9.17, 15) is 9.59 Å². The molecule has 0 aliphatic rings. The van der Waals surface area contributed by atoms with Gasteiger partial charge >= 0.3 is 5.97 Å². The molecule has 0 unspecified atom stereocenters. The number of oxazole rings is 1. The van der Waals surface area contributed by atoms with E-state index in [1.54, 1.807) is 0 Å². The minimum atomic E-state index is -0.505. The van der Waals surface area contributed by atoms with E-state index in [0.717, 1.165) is 23.7 Å². The van der Waals surface area contributed by atoms with Gasteiger partial charge in [-0.3, -0.25) is 9.59 Å². The number of nitrogens with one attached hydrogen (secondary N) is 1. The predicted octanol–water partition coefficient (Wildman–Crippen LogP) is 4.62. The second-order valence-corrected chi connectivity index (χ2v) is 7.30. The Kier molecular flexibility index (Phi) is 6.71. The number of carbonyl (C=O) groups excluding carboxylic acids is 2. The SMILES string of the molecule is CC[C@@H](C)c1ccc(NC(=O)COC(=O)CSc2nc3ccccc3o2)cc1. The van der Waals surface area contributed by atoms with Crippen LogP contribution in [0.3, 0.4) is 0 Å². The van der Waals surface area contributed by atoms with Crippen LogP contribution >= 0.6 is 11.8 Å². The van der Waals surface area contributed by atoms with Gasteiger partial charge in [0.2, 0.25) is 0 Å². The summed E-state index contributed by atoms with van der Waals surface area (Å²) in [7, 11) is 0. The average Bonchev–Trinajstić information content (AvgIpc) is 3.13. The molecule has 1 atom stereocenters. The van der Waals surface area contributed by atoms with Crippen molar-refractivity contribution in [2.75, 3.05) is 17.7 Å². The number of anilines is 1. The predicted molar refractivity (Wildman–Crippen MR) is 109 cm³/mol. The van der Waals surface area contributed by atoms with Gasteiger partial charge in [0.15, 0.2) is 12.2 Å². The largest absolute Gasteiger partial charge is 0.455 e. The number of thioether (sulfide) groups is 1. The Labute approximate surface area is 167 Å². The minimum Gasteiger partial charge on any atom is -0.455 e. The summed E-state index contributed by atoms with van der Waals surface area (Å²) in [5, 5.41) is 3.11. The van der Waals surface area contributed by atoms with Gasteiger partial charge in [-0.25, -0.2) is 4.98 Å². The molecule has 0 saturated carbocycles. The normalized spacial score (nSPS) is 11.9. The van der Waals surface area contributed by atoms with Crippen molar-refractivity contribution in [1.82, 2.24) is 4.98 Å². The zero-order valence-corrected chi connectivity index (χ0v) is 16.6. The molecular formula is C21H22N2O4S. The van der Waals surface area contributed by atoms with Crippen molar-refractivity contribution >= 4 is 40.4 Å². The van der Waals surface area contributed by atoms with Crippen LogP contribution < -0.4 is 5.32 Å². The van der Waals surface area contributed by atoms with E-state index in [1.165, 1.54) is 5.56 Å². The van der Waals surface area contributed by atoms with Gasteiger partial charge in [0.1, 0.15) is 11.3 Å². The number of benzene rings is 2. The number of esters is 1. The Morgan fingerprint density at radius 1 is 1.18 bits per heavy atom. The maximum atomic E-state index is 12.0. The summed E-state index contributed by atoms with van der Waals surface area (Å²) in [6.45, 7) is 3.96. The summed E-state index contributed by atoms with van der Waals surface area (Å²) in [4.78, 5) is 28.1. The number of carbonyl (C=O) groups is 2. The Morgan fingerprint density at radius 3 is 2.64 bits per heavy atom. The van der Waals surface area contributed by atoms with Crippen molar-refractivity contribution in [3.05, 3.63) is 54.1 Å². The van der Waals surface area contributed by atoms with E-state index in [1.807, 2.05) is 48.5 Å². The van der Waals surface area contributed by atoms with Crippen LogP contribution in [0.4, 0.5) is 5.69 Å². The third-order valence-corrected chi connectivity index (χ3v) is 5.13. The van der Waals surface area contributed by atoms with Crippen LogP contribution in [0.25, 0.3) is 11.1 Å². The van der Waals surface area contributed by atoms with Crippen LogP contribution in [0, 0.1) is 0 Å². The average molecular weight is 398 g/mol. The second kappa shape index (κ2) is 9.41. The molecule has 1 amide bonds. The highest BCUT2D eigenvalue weighted by Gasteiger charge is 2.12. The lowest BCUT2D eigenvalue weighted by Crippen LogP contribution is -2.21. The molecule has 0 saturated heterocycles. The zero-order chi connectivity index (χ0) is 19.9. The molecule has 3 aromatic rings. The summed E-state index contributed by atoms with van der Waals surface area (Å²) in [5.74, 6) is -0.389. The summed E-state index contributed by atoms with van der Waals surface area (Å²) in [6, 6.07) is 15.1. The Bertz CT molecular complexity index is 919.